The molecule has 1 atom stereocenters. The van der Waals surface area contributed by atoms with E-state index in [2.05, 4.69) is 10.6 Å². The maximum absolute atomic E-state index is 11.3. The van der Waals surface area contributed by atoms with E-state index in [1.54, 1.807) is 21.0 Å². The molecule has 1 amide bonds. The van der Waals surface area contributed by atoms with Gasteiger partial charge in [-0.25, -0.2) is 0 Å². The fraction of sp³-hybridized carbons (Fsp3) is 0.800. The Bertz CT molecular complexity index is 245. The molecule has 0 aromatic rings. The van der Waals surface area contributed by atoms with Gasteiger partial charge in [0.2, 0.25) is 5.91 Å². The number of hydrogen-bond donors (Lipinski definition) is 3. The summed E-state index contributed by atoms with van der Waals surface area (Å²) in [7, 11) is 1.54. The maximum Gasteiger partial charge on any atom is 0.323 e. The van der Waals surface area contributed by atoms with Gasteiger partial charge in [0.25, 0.3) is 0 Å². The first-order chi connectivity index (χ1) is 7.46. The van der Waals surface area contributed by atoms with Crippen molar-refractivity contribution in [3.63, 3.8) is 0 Å². The number of aliphatic carboxylic acids is 1. The SMILES string of the molecule is CCC(C)(NCC(=O)NCCOC)C(=O)O. The lowest BCUT2D eigenvalue weighted by Crippen LogP contribution is -2.52. The number of hydrogen-bond acceptors (Lipinski definition) is 4. The number of rotatable bonds is 8. The minimum absolute atomic E-state index is 0.0135. The maximum atomic E-state index is 11.3. The highest BCUT2D eigenvalue weighted by atomic mass is 16.5. The first kappa shape index (κ1) is 14.9. The van der Waals surface area contributed by atoms with Crippen molar-refractivity contribution in [1.82, 2.24) is 10.6 Å². The van der Waals surface area contributed by atoms with E-state index < -0.39 is 11.5 Å². The van der Waals surface area contributed by atoms with Gasteiger partial charge in [0.15, 0.2) is 0 Å². The summed E-state index contributed by atoms with van der Waals surface area (Å²) in [6.45, 7) is 4.16. The second-order valence-corrected chi connectivity index (χ2v) is 3.69. The van der Waals surface area contributed by atoms with Crippen molar-refractivity contribution in [2.45, 2.75) is 25.8 Å². The van der Waals surface area contributed by atoms with Crippen LogP contribution in [0.1, 0.15) is 20.3 Å². The average molecular weight is 232 g/mol. The molecule has 0 rings (SSSR count). The minimum Gasteiger partial charge on any atom is -0.480 e. The lowest BCUT2D eigenvalue weighted by molar-refractivity contribution is -0.144. The first-order valence-electron chi connectivity index (χ1n) is 5.20. The lowest BCUT2D eigenvalue weighted by Gasteiger charge is -2.24. The molecular formula is C10H20N2O4. The van der Waals surface area contributed by atoms with Crippen LogP contribution in [0.4, 0.5) is 0 Å². The molecule has 0 fully saturated rings. The normalized spacial score (nSPS) is 14.2. The quantitative estimate of drug-likeness (QED) is 0.495. The molecule has 0 heterocycles. The van der Waals surface area contributed by atoms with E-state index in [-0.39, 0.29) is 12.5 Å². The largest absolute Gasteiger partial charge is 0.480 e. The molecule has 0 aliphatic carbocycles. The summed E-state index contributed by atoms with van der Waals surface area (Å²) in [5, 5.41) is 14.3. The van der Waals surface area contributed by atoms with Gasteiger partial charge < -0.3 is 15.2 Å². The Morgan fingerprint density at radius 3 is 2.50 bits per heavy atom. The zero-order chi connectivity index (χ0) is 12.6. The van der Waals surface area contributed by atoms with Crippen molar-refractivity contribution in [1.29, 1.82) is 0 Å². The summed E-state index contributed by atoms with van der Waals surface area (Å²) >= 11 is 0. The van der Waals surface area contributed by atoms with Gasteiger partial charge in [0.05, 0.1) is 13.2 Å². The number of ether oxygens (including phenoxy) is 1. The van der Waals surface area contributed by atoms with Crippen LogP contribution in [0.15, 0.2) is 0 Å². The van der Waals surface area contributed by atoms with Crippen LogP contribution >= 0.6 is 0 Å². The molecule has 3 N–H and O–H groups in total. The molecule has 0 radical (unpaired) electrons. The fourth-order valence-electron chi connectivity index (χ4n) is 0.982. The Balaban J connectivity index is 3.93. The molecule has 0 spiro atoms. The van der Waals surface area contributed by atoms with Crippen LogP contribution in [-0.2, 0) is 14.3 Å². The Morgan fingerprint density at radius 2 is 2.06 bits per heavy atom. The molecule has 0 aromatic carbocycles. The Morgan fingerprint density at radius 1 is 1.44 bits per heavy atom. The zero-order valence-corrected chi connectivity index (χ0v) is 10.0. The molecule has 0 saturated heterocycles. The van der Waals surface area contributed by atoms with Crippen molar-refractivity contribution < 1.29 is 19.4 Å². The highest BCUT2D eigenvalue weighted by molar-refractivity contribution is 5.81. The Labute approximate surface area is 95.4 Å². The van der Waals surface area contributed by atoms with Crippen LogP contribution in [0, 0.1) is 0 Å². The van der Waals surface area contributed by atoms with Crippen LogP contribution in [-0.4, -0.2) is 49.3 Å². The third-order valence-electron chi connectivity index (χ3n) is 2.45. The number of methoxy groups -OCH3 is 1. The fourth-order valence-corrected chi connectivity index (χ4v) is 0.982. The first-order valence-corrected chi connectivity index (χ1v) is 5.20. The molecule has 6 heteroatoms. The molecule has 16 heavy (non-hydrogen) atoms. The van der Waals surface area contributed by atoms with Gasteiger partial charge in [-0.3, -0.25) is 14.9 Å². The van der Waals surface area contributed by atoms with E-state index in [4.69, 9.17) is 9.84 Å². The summed E-state index contributed by atoms with van der Waals surface area (Å²) < 4.78 is 4.77. The summed E-state index contributed by atoms with van der Waals surface area (Å²) in [6, 6.07) is 0. The number of carboxylic acid groups (broad SMARTS) is 1. The van der Waals surface area contributed by atoms with Crippen molar-refractivity contribution in [2.24, 2.45) is 0 Å². The molecule has 94 valence electrons. The number of carbonyl (C=O) groups is 2. The molecule has 0 bridgehead atoms. The predicted molar refractivity (Wildman–Crippen MR) is 59.2 cm³/mol. The Hall–Kier alpha value is -1.14. The summed E-state index contributed by atoms with van der Waals surface area (Å²) in [5.41, 5.74) is -1.06. The Kier molecular flexibility index (Phi) is 6.67. The average Bonchev–Trinajstić information content (AvgIpc) is 2.26. The van der Waals surface area contributed by atoms with Gasteiger partial charge >= 0.3 is 5.97 Å². The van der Waals surface area contributed by atoms with E-state index in [9.17, 15) is 9.59 Å². The number of nitrogens with one attached hydrogen (secondary N) is 2. The van der Waals surface area contributed by atoms with E-state index >= 15 is 0 Å². The molecule has 1 unspecified atom stereocenters. The van der Waals surface area contributed by atoms with Gasteiger partial charge in [0, 0.05) is 13.7 Å². The zero-order valence-electron chi connectivity index (χ0n) is 10.0. The van der Waals surface area contributed by atoms with E-state index in [0.717, 1.165) is 0 Å². The van der Waals surface area contributed by atoms with Crippen LogP contribution < -0.4 is 10.6 Å². The summed E-state index contributed by atoms with van der Waals surface area (Å²) in [4.78, 5) is 22.2. The number of carboxylic acids is 1. The molecule has 6 nitrogen and oxygen atoms in total. The topological polar surface area (TPSA) is 87.7 Å². The summed E-state index contributed by atoms with van der Waals surface area (Å²) in [6.07, 6.45) is 0.410. The molecule has 0 saturated carbocycles. The van der Waals surface area contributed by atoms with E-state index in [0.29, 0.717) is 19.6 Å². The second-order valence-electron chi connectivity index (χ2n) is 3.69. The molecular weight excluding hydrogens is 212 g/mol. The predicted octanol–water partition coefficient (Wildman–Crippen LogP) is -0.408. The minimum atomic E-state index is -1.06. The summed E-state index contributed by atoms with van der Waals surface area (Å²) in [5.74, 6) is -1.20. The van der Waals surface area contributed by atoms with Gasteiger partial charge in [-0.2, -0.15) is 0 Å². The second kappa shape index (κ2) is 7.19. The standard InChI is InChI=1S/C10H20N2O4/c1-4-10(2,9(14)15)12-7-8(13)11-5-6-16-3/h12H,4-7H2,1-3H3,(H,11,13)(H,14,15). The van der Waals surface area contributed by atoms with E-state index in [1.165, 1.54) is 0 Å². The molecule has 0 aromatic heterocycles. The third kappa shape index (κ3) is 5.09. The van der Waals surface area contributed by atoms with Crippen LogP contribution in [0.3, 0.4) is 0 Å². The highest BCUT2D eigenvalue weighted by Gasteiger charge is 2.30. The van der Waals surface area contributed by atoms with Gasteiger partial charge in [0.1, 0.15) is 5.54 Å². The van der Waals surface area contributed by atoms with E-state index in [1.807, 2.05) is 0 Å². The molecule has 0 aliphatic rings. The molecule has 0 aliphatic heterocycles. The van der Waals surface area contributed by atoms with Gasteiger partial charge in [-0.1, -0.05) is 6.92 Å². The smallest absolute Gasteiger partial charge is 0.323 e. The van der Waals surface area contributed by atoms with Gasteiger partial charge in [-0.05, 0) is 13.3 Å². The van der Waals surface area contributed by atoms with Crippen molar-refractivity contribution in [2.75, 3.05) is 26.8 Å². The van der Waals surface area contributed by atoms with Crippen LogP contribution in [0.25, 0.3) is 0 Å². The van der Waals surface area contributed by atoms with Gasteiger partial charge in [-0.15, -0.1) is 0 Å². The number of amides is 1. The third-order valence-corrected chi connectivity index (χ3v) is 2.45. The highest BCUT2D eigenvalue weighted by Crippen LogP contribution is 2.08. The van der Waals surface area contributed by atoms with Crippen LogP contribution in [0.5, 0.6) is 0 Å². The van der Waals surface area contributed by atoms with Crippen LogP contribution in [0.2, 0.25) is 0 Å². The van der Waals surface area contributed by atoms with Crippen molar-refractivity contribution >= 4 is 11.9 Å². The van der Waals surface area contributed by atoms with Crippen molar-refractivity contribution in [3.8, 4) is 0 Å². The monoisotopic (exact) mass is 232 g/mol. The number of carbonyl (C=O) groups excluding carboxylic acids is 1. The van der Waals surface area contributed by atoms with Crippen molar-refractivity contribution in [3.05, 3.63) is 0 Å². The lowest BCUT2D eigenvalue weighted by atomic mass is 9.99.